The first-order valence-corrected chi connectivity index (χ1v) is 18.2. The molecule has 1 aromatic rings. The Labute approximate surface area is 287 Å². The Bertz CT molecular complexity index is 1490. The van der Waals surface area contributed by atoms with Crippen LogP contribution in [0.15, 0.2) is 42.0 Å². The number of carbonyl (C=O) groups excluding carboxylic acids is 3. The molecule has 4 fully saturated rings. The largest absolute Gasteiger partial charge is 0.467 e. The van der Waals surface area contributed by atoms with Crippen molar-refractivity contribution in [2.75, 3.05) is 20.3 Å². The van der Waals surface area contributed by atoms with Crippen molar-refractivity contribution in [2.45, 2.75) is 119 Å². The number of benzene rings is 1. The number of rotatable bonds is 7. The second-order valence-corrected chi connectivity index (χ2v) is 18.1. The van der Waals surface area contributed by atoms with E-state index in [1.807, 2.05) is 36.4 Å². The van der Waals surface area contributed by atoms with Crippen molar-refractivity contribution in [3.05, 3.63) is 47.5 Å². The minimum absolute atomic E-state index is 0.0212. The maximum absolute atomic E-state index is 14.9. The zero-order chi connectivity index (χ0) is 35.0. The number of ketones is 1. The van der Waals surface area contributed by atoms with Gasteiger partial charge in [0.25, 0.3) is 0 Å². The van der Waals surface area contributed by atoms with E-state index in [0.717, 1.165) is 50.5 Å². The Kier molecular flexibility index (Phi) is 8.67. The van der Waals surface area contributed by atoms with Crippen LogP contribution in [0.5, 0.6) is 0 Å². The second-order valence-electron chi connectivity index (χ2n) is 18.1. The average Bonchev–Trinajstić information content (AvgIpc) is 3.04. The molecule has 1 aromatic carbocycles. The summed E-state index contributed by atoms with van der Waals surface area (Å²) < 4.78 is 16.7. The quantitative estimate of drug-likeness (QED) is 0.300. The molecule has 0 amide bonds. The van der Waals surface area contributed by atoms with Crippen LogP contribution in [0.3, 0.4) is 0 Å². The SMILES string of the molecule is COC(=O)COC[C@@]1(C)C2CC[C@]3(C)[C@H](C(=O)C=C4[C@]5(C)C[C@@](C)(C(=O)OCc6ccccc6)CC[C@]5(C)CC[C@]43C)[C@@]2(C)CC[C@@H]1O. The zero-order valence-electron chi connectivity index (χ0n) is 30.6. The summed E-state index contributed by atoms with van der Waals surface area (Å²) in [6.07, 6.45) is 9.03. The first-order valence-electron chi connectivity index (χ1n) is 18.2. The molecule has 0 bridgehead atoms. The van der Waals surface area contributed by atoms with E-state index in [9.17, 15) is 19.5 Å². The van der Waals surface area contributed by atoms with E-state index in [4.69, 9.17) is 14.2 Å². The Balaban J connectivity index is 1.33. The highest BCUT2D eigenvalue weighted by Gasteiger charge is 2.72. The van der Waals surface area contributed by atoms with Gasteiger partial charge >= 0.3 is 11.9 Å². The third kappa shape index (κ3) is 4.99. The van der Waals surface area contributed by atoms with Crippen LogP contribution >= 0.6 is 0 Å². The molecule has 6 rings (SSSR count). The lowest BCUT2D eigenvalue weighted by Crippen LogP contribution is -2.68. The van der Waals surface area contributed by atoms with Gasteiger partial charge in [-0.1, -0.05) is 77.4 Å². The Hall–Kier alpha value is -2.51. The molecule has 0 aromatic heterocycles. The highest BCUT2D eigenvalue weighted by atomic mass is 16.6. The number of fused-ring (bicyclic) bond motifs is 7. The molecule has 7 nitrogen and oxygen atoms in total. The molecule has 5 aliphatic carbocycles. The molecule has 5 aliphatic rings. The summed E-state index contributed by atoms with van der Waals surface area (Å²) in [4.78, 5) is 40.6. The molecule has 7 heteroatoms. The molecule has 0 radical (unpaired) electrons. The summed E-state index contributed by atoms with van der Waals surface area (Å²) in [5.41, 5.74) is -0.176. The van der Waals surface area contributed by atoms with Crippen LogP contribution in [0.1, 0.15) is 112 Å². The fraction of sp³-hybridized carbons (Fsp3) is 0.732. The van der Waals surface area contributed by atoms with E-state index in [1.165, 1.54) is 12.7 Å². The minimum atomic E-state index is -0.641. The van der Waals surface area contributed by atoms with Gasteiger partial charge in [0, 0.05) is 11.3 Å². The van der Waals surface area contributed by atoms with Crippen molar-refractivity contribution >= 4 is 17.7 Å². The van der Waals surface area contributed by atoms with Crippen LogP contribution in [0.4, 0.5) is 0 Å². The van der Waals surface area contributed by atoms with Gasteiger partial charge in [-0.25, -0.2) is 4.79 Å². The van der Waals surface area contributed by atoms with Gasteiger partial charge in [-0.15, -0.1) is 0 Å². The Morgan fingerprint density at radius 3 is 2.25 bits per heavy atom. The summed E-state index contributed by atoms with van der Waals surface area (Å²) >= 11 is 0. The molecule has 48 heavy (non-hydrogen) atoms. The third-order valence-electron chi connectivity index (χ3n) is 15.6. The maximum Gasteiger partial charge on any atom is 0.331 e. The highest BCUT2D eigenvalue weighted by Crippen LogP contribution is 2.77. The normalized spacial score (nSPS) is 45.1. The Morgan fingerprint density at radius 1 is 0.875 bits per heavy atom. The summed E-state index contributed by atoms with van der Waals surface area (Å²) in [5, 5.41) is 11.4. The summed E-state index contributed by atoms with van der Waals surface area (Å²) in [7, 11) is 1.35. The van der Waals surface area contributed by atoms with Crippen molar-refractivity contribution < 1.29 is 33.7 Å². The van der Waals surface area contributed by atoms with Crippen LogP contribution in [-0.2, 0) is 35.2 Å². The number of methoxy groups -OCH3 is 1. The monoisotopic (exact) mass is 662 g/mol. The first-order chi connectivity index (χ1) is 22.4. The van der Waals surface area contributed by atoms with E-state index in [0.29, 0.717) is 12.8 Å². The van der Waals surface area contributed by atoms with E-state index < -0.39 is 22.9 Å². The smallest absolute Gasteiger partial charge is 0.331 e. The fourth-order valence-electron chi connectivity index (χ4n) is 12.3. The lowest BCUT2D eigenvalue weighted by atomic mass is 9.31. The highest BCUT2D eigenvalue weighted by molar-refractivity contribution is 5.96. The second kappa shape index (κ2) is 11.8. The predicted molar refractivity (Wildman–Crippen MR) is 183 cm³/mol. The number of ether oxygens (including phenoxy) is 3. The maximum atomic E-state index is 14.9. The number of aliphatic hydroxyl groups is 1. The number of carbonyl (C=O) groups is 3. The molecule has 264 valence electrons. The molecule has 4 saturated carbocycles. The third-order valence-corrected chi connectivity index (χ3v) is 15.6. The number of hydrogen-bond donors (Lipinski definition) is 1. The van der Waals surface area contributed by atoms with Crippen LogP contribution < -0.4 is 0 Å². The molecule has 0 heterocycles. The molecular formula is C41H58O7. The van der Waals surface area contributed by atoms with Gasteiger partial charge in [0.15, 0.2) is 5.78 Å². The van der Waals surface area contributed by atoms with Crippen molar-refractivity contribution in [3.8, 4) is 0 Å². The van der Waals surface area contributed by atoms with Gasteiger partial charge in [0.05, 0.1) is 25.2 Å². The van der Waals surface area contributed by atoms with Gasteiger partial charge < -0.3 is 19.3 Å². The van der Waals surface area contributed by atoms with Gasteiger partial charge in [0.1, 0.15) is 13.2 Å². The average molecular weight is 663 g/mol. The molecule has 1 unspecified atom stereocenters. The van der Waals surface area contributed by atoms with E-state index in [-0.39, 0.29) is 70.5 Å². The van der Waals surface area contributed by atoms with Crippen molar-refractivity contribution in [1.82, 2.24) is 0 Å². The van der Waals surface area contributed by atoms with Gasteiger partial charge in [-0.3, -0.25) is 9.59 Å². The Morgan fingerprint density at radius 2 is 1.56 bits per heavy atom. The van der Waals surface area contributed by atoms with E-state index in [1.54, 1.807) is 0 Å². The lowest BCUT2D eigenvalue weighted by molar-refractivity contribution is -0.220. The van der Waals surface area contributed by atoms with Crippen LogP contribution in [-0.4, -0.2) is 49.3 Å². The molecule has 10 atom stereocenters. The predicted octanol–water partition coefficient (Wildman–Crippen LogP) is 7.63. The van der Waals surface area contributed by atoms with Crippen LogP contribution in [0, 0.1) is 49.7 Å². The number of aliphatic hydroxyl groups excluding tert-OH is 1. The summed E-state index contributed by atoms with van der Waals surface area (Å²) in [6, 6.07) is 9.85. The molecule has 0 saturated heterocycles. The van der Waals surface area contributed by atoms with Crippen molar-refractivity contribution in [2.24, 2.45) is 49.7 Å². The van der Waals surface area contributed by atoms with E-state index >= 15 is 0 Å². The van der Waals surface area contributed by atoms with Gasteiger partial charge in [-0.05, 0) is 109 Å². The molecular weight excluding hydrogens is 604 g/mol. The van der Waals surface area contributed by atoms with Crippen molar-refractivity contribution in [1.29, 1.82) is 0 Å². The topological polar surface area (TPSA) is 99.1 Å². The summed E-state index contributed by atoms with van der Waals surface area (Å²) in [6.45, 7) is 16.3. The minimum Gasteiger partial charge on any atom is -0.467 e. The zero-order valence-corrected chi connectivity index (χ0v) is 30.6. The van der Waals surface area contributed by atoms with Gasteiger partial charge in [-0.2, -0.15) is 0 Å². The van der Waals surface area contributed by atoms with Crippen LogP contribution in [0.2, 0.25) is 0 Å². The number of esters is 2. The molecule has 0 aliphatic heterocycles. The van der Waals surface area contributed by atoms with Gasteiger partial charge in [0.2, 0.25) is 0 Å². The number of allylic oxidation sites excluding steroid dienone is 2. The first kappa shape index (κ1) is 35.3. The lowest BCUT2D eigenvalue weighted by Gasteiger charge is -2.72. The van der Waals surface area contributed by atoms with E-state index in [2.05, 4.69) is 48.5 Å². The van der Waals surface area contributed by atoms with Crippen LogP contribution in [0.25, 0.3) is 0 Å². The van der Waals surface area contributed by atoms with Crippen molar-refractivity contribution in [3.63, 3.8) is 0 Å². The standard InChI is InChI=1S/C41H58O7/c1-35(34(45)48-23-27-12-10-9-11-13-27)18-19-36(2)20-21-39(5)30(41(36,7)25-35)22-28(42)33-37(3)16-15-31(43)38(4,26-47-24-32(44)46-8)29(37)14-17-40(33,39)6/h9-13,22,29,31,33,43H,14-21,23-26H2,1-8H3/t29?,31-,33+,35-,36+,37-,38-,39+,40+,41-/m0/s1. The summed E-state index contributed by atoms with van der Waals surface area (Å²) in [5.74, 6) is -0.499. The number of hydrogen-bond acceptors (Lipinski definition) is 7. The molecule has 1 N–H and O–H groups in total. The molecule has 0 spiro atoms. The fourth-order valence-corrected chi connectivity index (χ4v) is 12.3.